The van der Waals surface area contributed by atoms with E-state index >= 15 is 0 Å². The van der Waals surface area contributed by atoms with Gasteiger partial charge in [0.1, 0.15) is 0 Å². The van der Waals surface area contributed by atoms with Gasteiger partial charge in [0, 0.05) is 77.5 Å². The lowest BCUT2D eigenvalue weighted by Gasteiger charge is -2.37. The van der Waals surface area contributed by atoms with E-state index in [-0.39, 0.29) is 0 Å². The average molecular weight is 398 g/mol. The van der Waals surface area contributed by atoms with Gasteiger partial charge in [0.25, 0.3) is 0 Å². The molecule has 7 heteroatoms. The Labute approximate surface area is 174 Å². The Hall–Kier alpha value is -2.54. The molecule has 2 N–H and O–H groups in total. The summed E-state index contributed by atoms with van der Waals surface area (Å²) < 4.78 is 1.95. The molecule has 0 atom stereocenters. The van der Waals surface area contributed by atoms with Crippen LogP contribution in [0.15, 0.2) is 41.7 Å². The Bertz CT molecular complexity index is 761. The summed E-state index contributed by atoms with van der Waals surface area (Å²) in [5.41, 5.74) is 4.17. The van der Waals surface area contributed by atoms with E-state index in [0.717, 1.165) is 64.7 Å². The number of hydrogen-bond donors (Lipinski definition) is 2. The van der Waals surface area contributed by atoms with Gasteiger partial charge >= 0.3 is 0 Å². The molecule has 7 nitrogen and oxygen atoms in total. The van der Waals surface area contributed by atoms with E-state index in [1.54, 1.807) is 0 Å². The summed E-state index contributed by atoms with van der Waals surface area (Å²) in [6, 6.07) is 8.57. The molecule has 0 spiro atoms. The maximum absolute atomic E-state index is 4.32. The molecule has 1 aromatic carbocycles. The van der Waals surface area contributed by atoms with Crippen molar-refractivity contribution in [2.45, 2.75) is 26.8 Å². The van der Waals surface area contributed by atoms with Crippen molar-refractivity contribution in [2.24, 2.45) is 4.99 Å². The molecule has 29 heavy (non-hydrogen) atoms. The third kappa shape index (κ3) is 6.22. The van der Waals surface area contributed by atoms with E-state index in [4.69, 9.17) is 0 Å². The summed E-state index contributed by atoms with van der Waals surface area (Å²) >= 11 is 0. The van der Waals surface area contributed by atoms with Crippen LogP contribution in [0.2, 0.25) is 0 Å². The summed E-state index contributed by atoms with van der Waals surface area (Å²) in [4.78, 5) is 9.37. The molecule has 2 aromatic rings. The number of hydrogen-bond acceptors (Lipinski definition) is 4. The fourth-order valence-corrected chi connectivity index (χ4v) is 3.72. The predicted octanol–water partition coefficient (Wildman–Crippen LogP) is 1.88. The van der Waals surface area contributed by atoms with Gasteiger partial charge in [0.05, 0.1) is 0 Å². The number of rotatable bonds is 8. The third-order valence-corrected chi connectivity index (χ3v) is 5.65. The number of nitrogens with zero attached hydrogens (tertiary/aromatic N) is 5. The standard InChI is InChI=1S/C22H35N7/c1-19-7-4-8-21(20(19)2)28-17-15-27(16-18-28)14-11-25-22(23-3)24-9-5-12-29-13-6-10-26-29/h4,6-8,10,13H,5,9,11-12,14-18H2,1-3H3,(H2,23,24,25). The second-order valence-electron chi connectivity index (χ2n) is 7.60. The molecular formula is C22H35N7. The van der Waals surface area contributed by atoms with Gasteiger partial charge in [-0.15, -0.1) is 0 Å². The highest BCUT2D eigenvalue weighted by atomic mass is 15.3. The van der Waals surface area contributed by atoms with Crippen molar-refractivity contribution in [2.75, 3.05) is 57.8 Å². The van der Waals surface area contributed by atoms with Crippen LogP contribution in [-0.4, -0.2) is 73.5 Å². The molecule has 0 saturated carbocycles. The number of piperazine rings is 1. The van der Waals surface area contributed by atoms with Crippen molar-refractivity contribution in [3.8, 4) is 0 Å². The molecule has 1 saturated heterocycles. The van der Waals surface area contributed by atoms with Crippen LogP contribution >= 0.6 is 0 Å². The van der Waals surface area contributed by atoms with Crippen molar-refractivity contribution in [1.29, 1.82) is 0 Å². The van der Waals surface area contributed by atoms with Crippen LogP contribution in [-0.2, 0) is 6.54 Å². The first-order valence-electron chi connectivity index (χ1n) is 10.6. The second-order valence-corrected chi connectivity index (χ2v) is 7.60. The van der Waals surface area contributed by atoms with Crippen molar-refractivity contribution in [3.63, 3.8) is 0 Å². The Morgan fingerprint density at radius 3 is 2.55 bits per heavy atom. The van der Waals surface area contributed by atoms with Gasteiger partial charge in [-0.25, -0.2) is 0 Å². The van der Waals surface area contributed by atoms with Gasteiger partial charge in [-0.2, -0.15) is 5.10 Å². The molecule has 1 aromatic heterocycles. The smallest absolute Gasteiger partial charge is 0.191 e. The molecule has 3 rings (SSSR count). The predicted molar refractivity (Wildman–Crippen MR) is 121 cm³/mol. The zero-order chi connectivity index (χ0) is 20.5. The molecule has 0 radical (unpaired) electrons. The van der Waals surface area contributed by atoms with Crippen LogP contribution < -0.4 is 15.5 Å². The van der Waals surface area contributed by atoms with Crippen LogP contribution in [0.5, 0.6) is 0 Å². The van der Waals surface area contributed by atoms with E-state index in [1.165, 1.54) is 16.8 Å². The summed E-state index contributed by atoms with van der Waals surface area (Å²) in [7, 11) is 1.83. The zero-order valence-corrected chi connectivity index (χ0v) is 18.1. The molecule has 158 valence electrons. The van der Waals surface area contributed by atoms with Gasteiger partial charge < -0.3 is 15.5 Å². The quantitative estimate of drug-likeness (QED) is 0.405. The summed E-state index contributed by atoms with van der Waals surface area (Å²) in [6.07, 6.45) is 4.82. The fourth-order valence-electron chi connectivity index (χ4n) is 3.72. The first-order chi connectivity index (χ1) is 14.2. The summed E-state index contributed by atoms with van der Waals surface area (Å²) in [5, 5.41) is 11.0. The highest BCUT2D eigenvalue weighted by Crippen LogP contribution is 2.23. The highest BCUT2D eigenvalue weighted by Gasteiger charge is 2.18. The lowest BCUT2D eigenvalue weighted by molar-refractivity contribution is 0.261. The fraction of sp³-hybridized carbons (Fsp3) is 0.545. The number of aliphatic imine (C=N–C) groups is 1. The Balaban J connectivity index is 1.32. The number of guanidine groups is 1. The lowest BCUT2D eigenvalue weighted by Crippen LogP contribution is -2.49. The molecule has 0 bridgehead atoms. The van der Waals surface area contributed by atoms with Crippen molar-refractivity contribution < 1.29 is 0 Å². The summed E-state index contributed by atoms with van der Waals surface area (Å²) in [5.74, 6) is 0.875. The normalized spacial score (nSPS) is 15.6. The number of nitrogens with one attached hydrogen (secondary N) is 2. The van der Waals surface area contributed by atoms with Crippen LogP contribution in [0, 0.1) is 13.8 Å². The lowest BCUT2D eigenvalue weighted by atomic mass is 10.1. The minimum Gasteiger partial charge on any atom is -0.369 e. The minimum absolute atomic E-state index is 0.875. The van der Waals surface area contributed by atoms with Crippen LogP contribution in [0.25, 0.3) is 0 Å². The second kappa shape index (κ2) is 10.9. The van der Waals surface area contributed by atoms with Gasteiger partial charge in [-0.05, 0) is 43.5 Å². The van der Waals surface area contributed by atoms with Crippen molar-refractivity contribution >= 4 is 11.6 Å². The maximum Gasteiger partial charge on any atom is 0.191 e. The van der Waals surface area contributed by atoms with E-state index in [9.17, 15) is 0 Å². The monoisotopic (exact) mass is 397 g/mol. The van der Waals surface area contributed by atoms with Crippen molar-refractivity contribution in [1.82, 2.24) is 25.3 Å². The number of benzene rings is 1. The third-order valence-electron chi connectivity index (χ3n) is 5.65. The molecule has 0 aliphatic carbocycles. The van der Waals surface area contributed by atoms with Crippen LogP contribution in [0.3, 0.4) is 0 Å². The van der Waals surface area contributed by atoms with E-state index in [1.807, 2.05) is 30.2 Å². The average Bonchev–Trinajstić information content (AvgIpc) is 3.26. The number of aryl methyl sites for hydroxylation is 2. The Kier molecular flexibility index (Phi) is 7.93. The SMILES string of the molecule is CN=C(NCCCn1cccn1)NCCN1CCN(c2cccc(C)c2C)CC1. The number of aromatic nitrogens is 2. The minimum atomic E-state index is 0.875. The highest BCUT2D eigenvalue weighted by molar-refractivity contribution is 5.79. The molecule has 0 unspecified atom stereocenters. The molecule has 1 aliphatic rings. The Morgan fingerprint density at radius 2 is 1.83 bits per heavy atom. The maximum atomic E-state index is 4.32. The van der Waals surface area contributed by atoms with Crippen molar-refractivity contribution in [3.05, 3.63) is 47.8 Å². The first-order valence-corrected chi connectivity index (χ1v) is 10.6. The molecular weight excluding hydrogens is 362 g/mol. The van der Waals surface area contributed by atoms with E-state index < -0.39 is 0 Å². The van der Waals surface area contributed by atoms with Gasteiger partial charge in [-0.1, -0.05) is 12.1 Å². The van der Waals surface area contributed by atoms with E-state index in [2.05, 4.69) is 62.6 Å². The molecule has 2 heterocycles. The zero-order valence-electron chi connectivity index (χ0n) is 18.1. The van der Waals surface area contributed by atoms with Gasteiger partial charge in [0.15, 0.2) is 5.96 Å². The largest absolute Gasteiger partial charge is 0.369 e. The van der Waals surface area contributed by atoms with Gasteiger partial charge in [-0.3, -0.25) is 14.6 Å². The molecule has 1 fully saturated rings. The molecule has 0 amide bonds. The topological polar surface area (TPSA) is 60.7 Å². The number of anilines is 1. The van der Waals surface area contributed by atoms with Gasteiger partial charge in [0.2, 0.25) is 0 Å². The van der Waals surface area contributed by atoms with Crippen LogP contribution in [0.4, 0.5) is 5.69 Å². The van der Waals surface area contributed by atoms with Crippen LogP contribution in [0.1, 0.15) is 17.5 Å². The van der Waals surface area contributed by atoms with E-state index in [0.29, 0.717) is 0 Å². The molecule has 1 aliphatic heterocycles. The Morgan fingerprint density at radius 1 is 1.03 bits per heavy atom. The first kappa shape index (κ1) is 21.2. The summed E-state index contributed by atoms with van der Waals surface area (Å²) in [6.45, 7) is 12.5.